The number of amides is 1. The first kappa shape index (κ1) is 17.2. The third-order valence-electron chi connectivity index (χ3n) is 3.35. The van der Waals surface area contributed by atoms with E-state index in [-0.39, 0.29) is 21.6 Å². The van der Waals surface area contributed by atoms with Gasteiger partial charge in [0, 0.05) is 16.8 Å². The van der Waals surface area contributed by atoms with Crippen LogP contribution in [0.5, 0.6) is 11.5 Å². The molecule has 0 bridgehead atoms. The lowest BCUT2D eigenvalue weighted by Crippen LogP contribution is -2.13. The van der Waals surface area contributed by atoms with E-state index in [1.807, 2.05) is 6.92 Å². The minimum atomic E-state index is -0.349. The molecule has 0 aliphatic rings. The SMILES string of the molecule is COc1cc(C(=O)Nc2cc(Cl)c(N)c(Cl)c2)cc(OC)c1C. The molecule has 3 N–H and O–H groups in total. The van der Waals surface area contributed by atoms with Crippen molar-refractivity contribution in [1.29, 1.82) is 0 Å². The highest BCUT2D eigenvalue weighted by Gasteiger charge is 2.15. The maximum absolute atomic E-state index is 12.4. The minimum Gasteiger partial charge on any atom is -0.496 e. The Bertz CT molecular complexity index is 715. The van der Waals surface area contributed by atoms with Gasteiger partial charge in [0.25, 0.3) is 5.91 Å². The Morgan fingerprint density at radius 1 is 1.04 bits per heavy atom. The molecule has 2 rings (SSSR count). The van der Waals surface area contributed by atoms with Crippen molar-refractivity contribution in [2.24, 2.45) is 0 Å². The van der Waals surface area contributed by atoms with E-state index >= 15 is 0 Å². The largest absolute Gasteiger partial charge is 0.496 e. The van der Waals surface area contributed by atoms with Gasteiger partial charge in [0.1, 0.15) is 11.5 Å². The van der Waals surface area contributed by atoms with Crippen LogP contribution < -0.4 is 20.5 Å². The second-order valence-electron chi connectivity index (χ2n) is 4.81. The molecule has 0 radical (unpaired) electrons. The van der Waals surface area contributed by atoms with Crippen molar-refractivity contribution in [3.63, 3.8) is 0 Å². The Morgan fingerprint density at radius 3 is 1.96 bits per heavy atom. The summed E-state index contributed by atoms with van der Waals surface area (Å²) >= 11 is 11.9. The van der Waals surface area contributed by atoms with Crippen LogP contribution in [-0.2, 0) is 0 Å². The molecule has 2 aromatic carbocycles. The number of nitrogen functional groups attached to an aromatic ring is 1. The molecular formula is C16H16Cl2N2O3. The molecule has 122 valence electrons. The molecule has 0 saturated carbocycles. The van der Waals surface area contributed by atoms with Crippen LogP contribution in [0.1, 0.15) is 15.9 Å². The maximum Gasteiger partial charge on any atom is 0.255 e. The number of halogens is 2. The summed E-state index contributed by atoms with van der Waals surface area (Å²) in [6, 6.07) is 6.33. The highest BCUT2D eigenvalue weighted by Crippen LogP contribution is 2.32. The molecule has 0 fully saturated rings. The maximum atomic E-state index is 12.4. The normalized spacial score (nSPS) is 10.3. The smallest absolute Gasteiger partial charge is 0.255 e. The van der Waals surface area contributed by atoms with Crippen LogP contribution in [-0.4, -0.2) is 20.1 Å². The van der Waals surface area contributed by atoms with E-state index in [0.29, 0.717) is 22.7 Å². The van der Waals surface area contributed by atoms with Gasteiger partial charge in [-0.15, -0.1) is 0 Å². The van der Waals surface area contributed by atoms with Gasteiger partial charge in [0.15, 0.2) is 0 Å². The zero-order valence-corrected chi connectivity index (χ0v) is 14.4. The fourth-order valence-corrected chi connectivity index (χ4v) is 2.56. The van der Waals surface area contributed by atoms with Crippen LogP contribution in [0.25, 0.3) is 0 Å². The summed E-state index contributed by atoms with van der Waals surface area (Å²) in [7, 11) is 3.06. The van der Waals surface area contributed by atoms with Gasteiger partial charge in [0.2, 0.25) is 0 Å². The molecular weight excluding hydrogens is 339 g/mol. The fraction of sp³-hybridized carbons (Fsp3) is 0.188. The number of carbonyl (C=O) groups is 1. The molecule has 0 saturated heterocycles. The summed E-state index contributed by atoms with van der Waals surface area (Å²) in [5.74, 6) is 0.768. The summed E-state index contributed by atoms with van der Waals surface area (Å²) < 4.78 is 10.5. The molecule has 0 aliphatic heterocycles. The van der Waals surface area contributed by atoms with Crippen LogP contribution in [0.4, 0.5) is 11.4 Å². The molecule has 0 aliphatic carbocycles. The first-order valence-corrected chi connectivity index (χ1v) is 7.41. The monoisotopic (exact) mass is 354 g/mol. The van der Waals surface area contributed by atoms with Crippen molar-refractivity contribution in [1.82, 2.24) is 0 Å². The summed E-state index contributed by atoms with van der Waals surface area (Å²) in [4.78, 5) is 12.4. The molecule has 0 atom stereocenters. The predicted octanol–water partition coefficient (Wildman–Crippen LogP) is 4.15. The van der Waals surface area contributed by atoms with Crippen molar-refractivity contribution in [2.75, 3.05) is 25.3 Å². The van der Waals surface area contributed by atoms with Crippen LogP contribution in [0, 0.1) is 6.92 Å². The Balaban J connectivity index is 2.34. The number of carbonyl (C=O) groups excluding carboxylic acids is 1. The Hall–Kier alpha value is -2.11. The standard InChI is InChI=1S/C16H16Cl2N2O3/c1-8-13(22-2)4-9(5-14(8)23-3)16(21)20-10-6-11(17)15(19)12(18)7-10/h4-7H,19H2,1-3H3,(H,20,21). The minimum absolute atomic E-state index is 0.269. The van der Waals surface area contributed by atoms with Gasteiger partial charge in [0.05, 0.1) is 30.0 Å². The summed E-state index contributed by atoms with van der Waals surface area (Å²) in [5.41, 5.74) is 7.58. The molecule has 7 heteroatoms. The molecule has 0 spiro atoms. The lowest BCUT2D eigenvalue weighted by Gasteiger charge is -2.13. The molecule has 0 aromatic heterocycles. The highest BCUT2D eigenvalue weighted by atomic mass is 35.5. The van der Waals surface area contributed by atoms with Gasteiger partial charge in [-0.25, -0.2) is 0 Å². The topological polar surface area (TPSA) is 73.6 Å². The zero-order chi connectivity index (χ0) is 17.1. The summed E-state index contributed by atoms with van der Waals surface area (Å²) in [6.07, 6.45) is 0. The number of anilines is 2. The first-order chi connectivity index (χ1) is 10.9. The zero-order valence-electron chi connectivity index (χ0n) is 12.9. The van der Waals surface area contributed by atoms with Crippen molar-refractivity contribution in [3.8, 4) is 11.5 Å². The second-order valence-corrected chi connectivity index (χ2v) is 5.63. The van der Waals surface area contributed by atoms with E-state index in [4.69, 9.17) is 38.4 Å². The van der Waals surface area contributed by atoms with Gasteiger partial charge >= 0.3 is 0 Å². The predicted molar refractivity (Wildman–Crippen MR) is 93.1 cm³/mol. The van der Waals surface area contributed by atoms with Crippen LogP contribution >= 0.6 is 23.2 Å². The highest BCUT2D eigenvalue weighted by molar-refractivity contribution is 6.39. The molecule has 23 heavy (non-hydrogen) atoms. The number of methoxy groups -OCH3 is 2. The van der Waals surface area contributed by atoms with Gasteiger partial charge in [-0.1, -0.05) is 23.2 Å². The lowest BCUT2D eigenvalue weighted by molar-refractivity contribution is 0.102. The number of rotatable bonds is 4. The van der Waals surface area contributed by atoms with Crippen molar-refractivity contribution in [3.05, 3.63) is 45.4 Å². The van der Waals surface area contributed by atoms with Crippen molar-refractivity contribution in [2.45, 2.75) is 6.92 Å². The van der Waals surface area contributed by atoms with Crippen LogP contribution in [0.3, 0.4) is 0 Å². The number of ether oxygens (including phenoxy) is 2. The van der Waals surface area contributed by atoms with Gasteiger partial charge in [-0.3, -0.25) is 4.79 Å². The lowest BCUT2D eigenvalue weighted by atomic mass is 10.1. The number of nitrogens with two attached hydrogens (primary N) is 1. The van der Waals surface area contributed by atoms with E-state index in [1.54, 1.807) is 12.1 Å². The molecule has 0 unspecified atom stereocenters. The van der Waals surface area contributed by atoms with E-state index in [2.05, 4.69) is 5.32 Å². The Kier molecular flexibility index (Phi) is 5.23. The second kappa shape index (κ2) is 6.98. The van der Waals surface area contributed by atoms with Crippen molar-refractivity contribution < 1.29 is 14.3 Å². The number of hydrogen-bond acceptors (Lipinski definition) is 4. The number of nitrogens with one attached hydrogen (secondary N) is 1. The van der Waals surface area contributed by atoms with Crippen LogP contribution in [0.15, 0.2) is 24.3 Å². The number of benzene rings is 2. The number of hydrogen-bond donors (Lipinski definition) is 2. The van der Waals surface area contributed by atoms with E-state index in [0.717, 1.165) is 5.56 Å². The molecule has 5 nitrogen and oxygen atoms in total. The third-order valence-corrected chi connectivity index (χ3v) is 3.98. The molecule has 0 heterocycles. The van der Waals surface area contributed by atoms with E-state index in [9.17, 15) is 4.79 Å². The average molecular weight is 355 g/mol. The summed E-state index contributed by atoms with van der Waals surface area (Å²) in [6.45, 7) is 1.85. The van der Waals surface area contributed by atoms with Crippen LogP contribution in [0.2, 0.25) is 10.0 Å². The molecule has 1 amide bonds. The van der Waals surface area contributed by atoms with Crippen molar-refractivity contribution >= 4 is 40.5 Å². The quantitative estimate of drug-likeness (QED) is 0.808. The Labute approximate surface area is 144 Å². The fourth-order valence-electron chi connectivity index (χ4n) is 2.08. The molecule has 2 aromatic rings. The van der Waals surface area contributed by atoms with Gasteiger partial charge in [-0.05, 0) is 31.2 Å². The van der Waals surface area contributed by atoms with Gasteiger partial charge in [-0.2, -0.15) is 0 Å². The summed E-state index contributed by atoms with van der Waals surface area (Å²) in [5, 5.41) is 3.26. The van der Waals surface area contributed by atoms with E-state index in [1.165, 1.54) is 26.4 Å². The first-order valence-electron chi connectivity index (χ1n) is 6.65. The average Bonchev–Trinajstić information content (AvgIpc) is 2.52. The van der Waals surface area contributed by atoms with E-state index < -0.39 is 0 Å². The third kappa shape index (κ3) is 3.63. The van der Waals surface area contributed by atoms with Gasteiger partial charge < -0.3 is 20.5 Å². The Morgan fingerprint density at radius 2 is 1.52 bits per heavy atom.